The van der Waals surface area contributed by atoms with Crippen LogP contribution in [0.25, 0.3) is 0 Å². The molecule has 0 aliphatic carbocycles. The normalized spacial score (nSPS) is 14.4. The molecule has 3 nitrogen and oxygen atoms in total. The maximum absolute atomic E-state index is 11.4. The minimum absolute atomic E-state index is 0.0475. The highest BCUT2D eigenvalue weighted by molar-refractivity contribution is 5.81. The highest BCUT2D eigenvalue weighted by Gasteiger charge is 2.21. The van der Waals surface area contributed by atoms with Gasteiger partial charge in [0.05, 0.1) is 0 Å². The van der Waals surface area contributed by atoms with Crippen LogP contribution in [-0.2, 0) is 4.79 Å². The van der Waals surface area contributed by atoms with Gasteiger partial charge in [-0.15, -0.1) is 0 Å². The quantitative estimate of drug-likeness (QED) is 0.694. The van der Waals surface area contributed by atoms with Gasteiger partial charge in [-0.25, -0.2) is 0 Å². The molecule has 1 unspecified atom stereocenters. The van der Waals surface area contributed by atoms with Crippen molar-refractivity contribution in [2.24, 2.45) is 17.1 Å². The molecule has 0 bridgehead atoms. The summed E-state index contributed by atoms with van der Waals surface area (Å²) in [5.41, 5.74) is 5.47. The molecule has 0 aliphatic heterocycles. The van der Waals surface area contributed by atoms with Crippen molar-refractivity contribution in [3.63, 3.8) is 0 Å². The van der Waals surface area contributed by atoms with E-state index in [9.17, 15) is 4.79 Å². The molecule has 13 heavy (non-hydrogen) atoms. The molecule has 3 N–H and O–H groups in total. The fourth-order valence-corrected chi connectivity index (χ4v) is 0.711. The van der Waals surface area contributed by atoms with Crippen molar-refractivity contribution in [2.45, 2.75) is 40.7 Å². The molecule has 0 aromatic carbocycles. The van der Waals surface area contributed by atoms with Gasteiger partial charge in [-0.3, -0.25) is 4.79 Å². The number of nitrogens with two attached hydrogens (primary N) is 1. The molecule has 0 radical (unpaired) electrons. The Labute approximate surface area is 81.1 Å². The summed E-state index contributed by atoms with van der Waals surface area (Å²) in [6.07, 6.45) is 0. The van der Waals surface area contributed by atoms with Gasteiger partial charge in [0, 0.05) is 18.0 Å². The number of amides is 1. The minimum Gasteiger partial charge on any atom is -0.354 e. The van der Waals surface area contributed by atoms with Gasteiger partial charge in [-0.1, -0.05) is 34.6 Å². The smallest absolute Gasteiger partial charge is 0.225 e. The Morgan fingerprint density at radius 2 is 1.85 bits per heavy atom. The summed E-state index contributed by atoms with van der Waals surface area (Å²) in [5.74, 6) is 0.462. The third-order valence-corrected chi connectivity index (χ3v) is 2.04. The molecule has 0 saturated carbocycles. The van der Waals surface area contributed by atoms with Crippen molar-refractivity contribution in [3.8, 4) is 0 Å². The van der Waals surface area contributed by atoms with Crippen LogP contribution in [0, 0.1) is 11.3 Å². The van der Waals surface area contributed by atoms with E-state index in [1.54, 1.807) is 0 Å². The number of hydrogen-bond acceptors (Lipinski definition) is 2. The molecule has 0 saturated heterocycles. The fourth-order valence-electron chi connectivity index (χ4n) is 0.711. The van der Waals surface area contributed by atoms with Gasteiger partial charge in [0.25, 0.3) is 0 Å². The maximum atomic E-state index is 11.4. The second kappa shape index (κ2) is 4.61. The minimum atomic E-state index is -0.323. The monoisotopic (exact) mass is 186 g/mol. The topological polar surface area (TPSA) is 55.1 Å². The summed E-state index contributed by atoms with van der Waals surface area (Å²) in [4.78, 5) is 11.4. The second-order valence-corrected chi connectivity index (χ2v) is 4.87. The number of nitrogens with one attached hydrogen (secondary N) is 1. The van der Waals surface area contributed by atoms with Crippen LogP contribution in [0.2, 0.25) is 0 Å². The van der Waals surface area contributed by atoms with E-state index in [4.69, 9.17) is 5.73 Å². The van der Waals surface area contributed by atoms with Gasteiger partial charge in [0.15, 0.2) is 0 Å². The lowest BCUT2D eigenvalue weighted by Crippen LogP contribution is -2.44. The molecule has 1 atom stereocenters. The molecular weight excluding hydrogens is 164 g/mol. The largest absolute Gasteiger partial charge is 0.354 e. The average molecular weight is 186 g/mol. The highest BCUT2D eigenvalue weighted by Crippen LogP contribution is 2.12. The van der Waals surface area contributed by atoms with Crippen LogP contribution in [0.4, 0.5) is 0 Å². The third kappa shape index (κ3) is 4.88. The van der Waals surface area contributed by atoms with E-state index in [-0.39, 0.29) is 17.4 Å². The Bertz CT molecular complexity index is 170. The number of carbonyl (C=O) groups excluding carboxylic acids is 1. The van der Waals surface area contributed by atoms with Gasteiger partial charge in [0.2, 0.25) is 5.91 Å². The Kier molecular flexibility index (Phi) is 4.40. The van der Waals surface area contributed by atoms with E-state index in [0.29, 0.717) is 12.5 Å². The molecular formula is C10H22N2O. The summed E-state index contributed by atoms with van der Waals surface area (Å²) >= 11 is 0. The van der Waals surface area contributed by atoms with E-state index in [1.807, 2.05) is 34.6 Å². The summed E-state index contributed by atoms with van der Waals surface area (Å²) in [5, 5.41) is 2.84. The Morgan fingerprint density at radius 3 is 2.15 bits per heavy atom. The fraction of sp³-hybridized carbons (Fsp3) is 0.900. The molecule has 3 heteroatoms. The lowest BCUT2D eigenvalue weighted by atomic mass is 9.95. The van der Waals surface area contributed by atoms with E-state index in [1.165, 1.54) is 0 Å². The van der Waals surface area contributed by atoms with E-state index >= 15 is 0 Å². The van der Waals surface area contributed by atoms with Crippen LogP contribution in [0.5, 0.6) is 0 Å². The molecule has 0 spiro atoms. The van der Waals surface area contributed by atoms with Gasteiger partial charge < -0.3 is 11.1 Å². The summed E-state index contributed by atoms with van der Waals surface area (Å²) < 4.78 is 0. The molecule has 0 aromatic rings. The summed E-state index contributed by atoms with van der Waals surface area (Å²) in [6, 6.07) is 0.0475. The molecule has 0 aromatic heterocycles. The molecule has 78 valence electrons. The van der Waals surface area contributed by atoms with Crippen LogP contribution < -0.4 is 11.1 Å². The lowest BCUT2D eigenvalue weighted by molar-refractivity contribution is -0.128. The van der Waals surface area contributed by atoms with E-state index in [0.717, 1.165) is 0 Å². The first-order valence-corrected chi connectivity index (χ1v) is 4.79. The van der Waals surface area contributed by atoms with Crippen molar-refractivity contribution in [1.29, 1.82) is 0 Å². The zero-order valence-corrected chi connectivity index (χ0v) is 9.35. The predicted molar refractivity (Wildman–Crippen MR) is 55.3 cm³/mol. The van der Waals surface area contributed by atoms with Gasteiger partial charge in [-0.2, -0.15) is 0 Å². The van der Waals surface area contributed by atoms with Crippen molar-refractivity contribution < 1.29 is 4.79 Å². The standard InChI is InChI=1S/C10H22N2O/c1-7(2)8(11)6-12-9(13)10(3,4)5/h7-8H,6,11H2,1-5H3,(H,12,13). The first-order valence-electron chi connectivity index (χ1n) is 4.79. The van der Waals surface area contributed by atoms with Crippen molar-refractivity contribution in [1.82, 2.24) is 5.32 Å². The van der Waals surface area contributed by atoms with Crippen LogP contribution in [-0.4, -0.2) is 18.5 Å². The molecule has 0 aliphatic rings. The third-order valence-electron chi connectivity index (χ3n) is 2.04. The second-order valence-electron chi connectivity index (χ2n) is 4.87. The Morgan fingerprint density at radius 1 is 1.38 bits per heavy atom. The summed E-state index contributed by atoms with van der Waals surface area (Å²) in [7, 11) is 0. The van der Waals surface area contributed by atoms with Gasteiger partial charge in [-0.05, 0) is 5.92 Å². The molecule has 0 heterocycles. The lowest BCUT2D eigenvalue weighted by Gasteiger charge is -2.21. The van der Waals surface area contributed by atoms with Crippen LogP contribution >= 0.6 is 0 Å². The zero-order valence-electron chi connectivity index (χ0n) is 9.35. The zero-order chi connectivity index (χ0) is 10.6. The number of rotatable bonds is 3. The predicted octanol–water partition coefficient (Wildman–Crippen LogP) is 1.13. The first-order chi connectivity index (χ1) is 5.75. The van der Waals surface area contributed by atoms with E-state index < -0.39 is 0 Å². The molecule has 0 fully saturated rings. The maximum Gasteiger partial charge on any atom is 0.225 e. The SMILES string of the molecule is CC(C)C(N)CNC(=O)C(C)(C)C. The molecule has 0 rings (SSSR count). The Balaban J connectivity index is 3.84. The van der Waals surface area contributed by atoms with Crippen molar-refractivity contribution >= 4 is 5.91 Å². The van der Waals surface area contributed by atoms with Crippen molar-refractivity contribution in [2.75, 3.05) is 6.54 Å². The first kappa shape index (κ1) is 12.4. The van der Waals surface area contributed by atoms with Crippen LogP contribution in [0.15, 0.2) is 0 Å². The van der Waals surface area contributed by atoms with Crippen LogP contribution in [0.1, 0.15) is 34.6 Å². The summed E-state index contributed by atoms with van der Waals surface area (Å²) in [6.45, 7) is 10.3. The van der Waals surface area contributed by atoms with Crippen molar-refractivity contribution in [3.05, 3.63) is 0 Å². The van der Waals surface area contributed by atoms with Gasteiger partial charge in [0.1, 0.15) is 0 Å². The molecule has 1 amide bonds. The average Bonchev–Trinajstić information content (AvgIpc) is 1.97. The number of hydrogen-bond donors (Lipinski definition) is 2. The highest BCUT2D eigenvalue weighted by atomic mass is 16.2. The van der Waals surface area contributed by atoms with E-state index in [2.05, 4.69) is 5.32 Å². The van der Waals surface area contributed by atoms with Gasteiger partial charge >= 0.3 is 0 Å². The van der Waals surface area contributed by atoms with Crippen LogP contribution in [0.3, 0.4) is 0 Å². The Hall–Kier alpha value is -0.570. The number of carbonyl (C=O) groups is 1.